The molecule has 138 valence electrons. The van der Waals surface area contributed by atoms with Crippen LogP contribution in [0.15, 0.2) is 40.4 Å². The monoisotopic (exact) mass is 377 g/mol. The van der Waals surface area contributed by atoms with Crippen LogP contribution in [0.3, 0.4) is 0 Å². The third kappa shape index (κ3) is 5.59. The third-order valence-corrected chi connectivity index (χ3v) is 3.98. The Morgan fingerprint density at radius 2 is 2.00 bits per heavy atom. The molecule has 1 aromatic heterocycles. The molecule has 0 aliphatic heterocycles. The average Bonchev–Trinajstić information content (AvgIpc) is 2.61. The maximum Gasteiger partial charge on any atom is 0.338 e. The van der Waals surface area contributed by atoms with Crippen molar-refractivity contribution in [3.63, 3.8) is 0 Å². The van der Waals surface area contributed by atoms with Gasteiger partial charge in [-0.1, -0.05) is 25.6 Å². The lowest BCUT2D eigenvalue weighted by atomic mass is 10.2. The number of nitrogens with one attached hydrogen (secondary N) is 1. The number of esters is 1. The normalized spacial score (nSPS) is 10.6. The molecule has 0 aliphatic carbocycles. The molecule has 0 fully saturated rings. The van der Waals surface area contributed by atoms with Gasteiger partial charge in [0.05, 0.1) is 17.9 Å². The Hall–Kier alpha value is -2.88. The van der Waals surface area contributed by atoms with Gasteiger partial charge in [0.25, 0.3) is 5.56 Å². The van der Waals surface area contributed by atoms with Crippen LogP contribution in [0.5, 0.6) is 0 Å². The molecule has 0 aliphatic rings. The van der Waals surface area contributed by atoms with Gasteiger partial charge in [0.15, 0.2) is 0 Å². The molecule has 0 saturated heterocycles. The third-order valence-electron chi connectivity index (χ3n) is 3.04. The van der Waals surface area contributed by atoms with Gasteiger partial charge >= 0.3 is 5.97 Å². The lowest BCUT2D eigenvalue weighted by Crippen LogP contribution is -2.30. The number of ether oxygens (including phenoxy) is 1. The van der Waals surface area contributed by atoms with Gasteiger partial charge in [-0.3, -0.25) is 9.59 Å². The highest BCUT2D eigenvalue weighted by Gasteiger charge is 2.10. The summed E-state index contributed by atoms with van der Waals surface area (Å²) >= 11 is 0.984. The van der Waals surface area contributed by atoms with Gasteiger partial charge in [0.2, 0.25) is 11.1 Å². The summed E-state index contributed by atoms with van der Waals surface area (Å²) in [5.41, 5.74) is 0.424. The van der Waals surface area contributed by atoms with E-state index in [1.165, 1.54) is 0 Å². The smallest absolute Gasteiger partial charge is 0.338 e. The Morgan fingerprint density at radius 1 is 1.31 bits per heavy atom. The zero-order valence-corrected chi connectivity index (χ0v) is 15.2. The fourth-order valence-corrected chi connectivity index (χ4v) is 2.44. The Balaban J connectivity index is 1.88. The highest BCUT2D eigenvalue weighted by atomic mass is 32.2. The standard InChI is InChI=1S/C16H19N5O4S/c1-10(2)8-25-15(24)11-3-5-12(6-4-11)19-13(22)9-26-16-20-18-7-14(23)21(16)17/h3-7,10H,8-9,17H2,1-2H3,(H,19,22). The van der Waals surface area contributed by atoms with Crippen molar-refractivity contribution < 1.29 is 14.3 Å². The van der Waals surface area contributed by atoms with E-state index in [1.807, 2.05) is 13.8 Å². The van der Waals surface area contributed by atoms with Crippen LogP contribution in [0.2, 0.25) is 0 Å². The van der Waals surface area contributed by atoms with Crippen molar-refractivity contribution in [1.82, 2.24) is 14.9 Å². The summed E-state index contributed by atoms with van der Waals surface area (Å²) in [5, 5.41) is 10.0. The van der Waals surface area contributed by atoms with Crippen molar-refractivity contribution in [3.05, 3.63) is 46.4 Å². The SMILES string of the molecule is CC(C)COC(=O)c1ccc(NC(=O)CSc2nncc(=O)n2N)cc1. The molecule has 0 spiro atoms. The number of hydrogen-bond acceptors (Lipinski definition) is 8. The zero-order chi connectivity index (χ0) is 19.1. The zero-order valence-electron chi connectivity index (χ0n) is 14.3. The maximum absolute atomic E-state index is 12.0. The molecule has 2 aromatic rings. The number of thioether (sulfide) groups is 1. The number of nitrogen functional groups attached to an aromatic ring is 1. The van der Waals surface area contributed by atoms with Crippen molar-refractivity contribution in [1.29, 1.82) is 0 Å². The van der Waals surface area contributed by atoms with Gasteiger partial charge in [-0.15, -0.1) is 5.10 Å². The van der Waals surface area contributed by atoms with E-state index in [0.717, 1.165) is 22.6 Å². The number of nitrogens with zero attached hydrogens (tertiary/aromatic N) is 3. The Morgan fingerprint density at radius 3 is 2.65 bits per heavy atom. The number of benzene rings is 1. The number of nitrogens with two attached hydrogens (primary N) is 1. The lowest BCUT2D eigenvalue weighted by molar-refractivity contribution is -0.113. The number of aromatic nitrogens is 3. The van der Waals surface area contributed by atoms with Crippen LogP contribution in [0, 0.1) is 5.92 Å². The van der Waals surface area contributed by atoms with E-state index in [1.54, 1.807) is 24.3 Å². The van der Waals surface area contributed by atoms with E-state index in [9.17, 15) is 14.4 Å². The summed E-state index contributed by atoms with van der Waals surface area (Å²) in [6, 6.07) is 6.36. The van der Waals surface area contributed by atoms with Gasteiger partial charge in [-0.2, -0.15) is 9.77 Å². The van der Waals surface area contributed by atoms with Crippen LogP contribution < -0.4 is 16.7 Å². The van der Waals surface area contributed by atoms with E-state index in [-0.39, 0.29) is 22.7 Å². The minimum absolute atomic E-state index is 0.00643. The summed E-state index contributed by atoms with van der Waals surface area (Å²) in [6.45, 7) is 4.26. The molecule has 0 saturated carbocycles. The van der Waals surface area contributed by atoms with Gasteiger partial charge in [-0.05, 0) is 30.2 Å². The van der Waals surface area contributed by atoms with Crippen molar-refractivity contribution in [2.24, 2.45) is 5.92 Å². The fourth-order valence-electron chi connectivity index (χ4n) is 1.77. The van der Waals surface area contributed by atoms with Crippen molar-refractivity contribution >= 4 is 29.3 Å². The second kappa shape index (κ2) is 8.99. The topological polar surface area (TPSA) is 129 Å². The molecule has 0 bridgehead atoms. The minimum atomic E-state index is -0.511. The summed E-state index contributed by atoms with van der Waals surface area (Å²) < 4.78 is 5.96. The van der Waals surface area contributed by atoms with Crippen LogP contribution in [0.25, 0.3) is 0 Å². The van der Waals surface area contributed by atoms with E-state index in [0.29, 0.717) is 17.9 Å². The van der Waals surface area contributed by atoms with E-state index >= 15 is 0 Å². The first-order valence-electron chi connectivity index (χ1n) is 7.76. The highest BCUT2D eigenvalue weighted by molar-refractivity contribution is 7.99. The lowest BCUT2D eigenvalue weighted by Gasteiger charge is -2.08. The Kier molecular flexibility index (Phi) is 6.73. The number of carbonyl (C=O) groups excluding carboxylic acids is 2. The number of anilines is 1. The van der Waals surface area contributed by atoms with Crippen LogP contribution in [0.1, 0.15) is 24.2 Å². The van der Waals surface area contributed by atoms with Crippen LogP contribution in [-0.4, -0.2) is 39.1 Å². The molecule has 0 unspecified atom stereocenters. The quantitative estimate of drug-likeness (QED) is 0.413. The van der Waals surface area contributed by atoms with Gasteiger partial charge in [0.1, 0.15) is 6.20 Å². The Bertz CT molecular complexity index is 835. The first-order valence-corrected chi connectivity index (χ1v) is 8.75. The molecule has 0 radical (unpaired) electrons. The number of rotatable bonds is 7. The van der Waals surface area contributed by atoms with E-state index in [4.69, 9.17) is 10.6 Å². The first kappa shape index (κ1) is 19.4. The predicted molar refractivity (Wildman–Crippen MR) is 97.4 cm³/mol. The Labute approximate surface area is 153 Å². The first-order chi connectivity index (χ1) is 12.4. The molecular weight excluding hydrogens is 358 g/mol. The molecule has 1 amide bonds. The molecule has 9 nitrogen and oxygen atoms in total. The second-order valence-electron chi connectivity index (χ2n) is 5.74. The minimum Gasteiger partial charge on any atom is -0.462 e. The molecular formula is C16H19N5O4S. The molecule has 2 rings (SSSR count). The molecule has 0 atom stereocenters. The largest absolute Gasteiger partial charge is 0.462 e. The summed E-state index contributed by atoms with van der Waals surface area (Å²) in [4.78, 5) is 35.1. The van der Waals surface area contributed by atoms with Gasteiger partial charge < -0.3 is 15.9 Å². The number of carbonyl (C=O) groups is 2. The second-order valence-corrected chi connectivity index (χ2v) is 6.68. The number of hydrogen-bond donors (Lipinski definition) is 2. The van der Waals surface area contributed by atoms with Crippen molar-refractivity contribution in [2.75, 3.05) is 23.5 Å². The predicted octanol–water partition coefficient (Wildman–Crippen LogP) is 0.896. The molecule has 3 N–H and O–H groups in total. The summed E-state index contributed by atoms with van der Waals surface area (Å²) in [5.74, 6) is 5.04. The summed E-state index contributed by atoms with van der Waals surface area (Å²) in [7, 11) is 0. The maximum atomic E-state index is 12.0. The van der Waals surface area contributed by atoms with Gasteiger partial charge in [0, 0.05) is 5.69 Å². The van der Waals surface area contributed by atoms with Gasteiger partial charge in [-0.25, -0.2) is 4.79 Å². The van der Waals surface area contributed by atoms with E-state index < -0.39 is 11.5 Å². The van der Waals surface area contributed by atoms with Crippen LogP contribution >= 0.6 is 11.8 Å². The van der Waals surface area contributed by atoms with E-state index in [2.05, 4.69) is 15.5 Å². The molecule has 26 heavy (non-hydrogen) atoms. The molecule has 1 aromatic carbocycles. The molecule has 10 heteroatoms. The fraction of sp³-hybridized carbons (Fsp3) is 0.312. The number of amides is 1. The average molecular weight is 377 g/mol. The summed E-state index contributed by atoms with van der Waals surface area (Å²) in [6.07, 6.45) is 0.984. The van der Waals surface area contributed by atoms with Crippen LogP contribution in [-0.2, 0) is 9.53 Å². The van der Waals surface area contributed by atoms with Crippen LogP contribution in [0.4, 0.5) is 5.69 Å². The van der Waals surface area contributed by atoms with Crippen molar-refractivity contribution in [3.8, 4) is 0 Å². The highest BCUT2D eigenvalue weighted by Crippen LogP contribution is 2.14. The van der Waals surface area contributed by atoms with Crippen molar-refractivity contribution in [2.45, 2.75) is 19.0 Å². The molecule has 1 heterocycles.